The van der Waals surface area contributed by atoms with Crippen LogP contribution in [-0.4, -0.2) is 42.5 Å². The van der Waals surface area contributed by atoms with Crippen molar-refractivity contribution in [3.05, 3.63) is 35.9 Å². The fourth-order valence-electron chi connectivity index (χ4n) is 2.74. The lowest BCUT2D eigenvalue weighted by atomic mass is 9.97. The number of carbonyl (C=O) groups excluding carboxylic acids is 2. The van der Waals surface area contributed by atoms with Crippen LogP contribution in [0.2, 0.25) is 0 Å². The molecule has 3 amide bonds. The van der Waals surface area contributed by atoms with Crippen LogP contribution in [0.15, 0.2) is 30.3 Å². The van der Waals surface area contributed by atoms with Gasteiger partial charge in [-0.05, 0) is 23.8 Å². The molecular weight excluding hydrogens is 302 g/mol. The van der Waals surface area contributed by atoms with E-state index in [1.54, 1.807) is 0 Å². The zero-order chi connectivity index (χ0) is 17.6. The highest BCUT2D eigenvalue weighted by Gasteiger charge is 2.24. The Labute approximate surface area is 144 Å². The Bertz CT molecular complexity index is 543. The van der Waals surface area contributed by atoms with Gasteiger partial charge in [0.25, 0.3) is 0 Å². The number of amides is 3. The summed E-state index contributed by atoms with van der Waals surface area (Å²) in [6.07, 6.45) is 2.07. The molecule has 1 aliphatic heterocycles. The van der Waals surface area contributed by atoms with Crippen molar-refractivity contribution in [1.82, 2.24) is 15.5 Å². The first kappa shape index (κ1) is 18.3. The minimum atomic E-state index is -0.112. The largest absolute Gasteiger partial charge is 0.342 e. The second kappa shape index (κ2) is 8.18. The first-order valence-corrected chi connectivity index (χ1v) is 8.69. The number of carbonyl (C=O) groups is 2. The van der Waals surface area contributed by atoms with Crippen molar-refractivity contribution in [2.75, 3.05) is 19.6 Å². The van der Waals surface area contributed by atoms with Gasteiger partial charge in [0.1, 0.15) is 0 Å². The number of nitrogens with zero attached hydrogens (tertiary/aromatic N) is 1. The summed E-state index contributed by atoms with van der Waals surface area (Å²) in [6, 6.07) is 9.85. The van der Waals surface area contributed by atoms with Gasteiger partial charge in [0, 0.05) is 25.7 Å². The fourth-order valence-corrected chi connectivity index (χ4v) is 2.74. The molecule has 1 aromatic carbocycles. The topological polar surface area (TPSA) is 61.4 Å². The van der Waals surface area contributed by atoms with Gasteiger partial charge in [-0.2, -0.15) is 0 Å². The second-order valence-electron chi connectivity index (χ2n) is 7.71. The lowest BCUT2D eigenvalue weighted by Gasteiger charge is -2.32. The molecule has 24 heavy (non-hydrogen) atoms. The molecule has 1 saturated heterocycles. The van der Waals surface area contributed by atoms with Gasteiger partial charge in [-0.25, -0.2) is 4.79 Å². The lowest BCUT2D eigenvalue weighted by Crippen LogP contribution is -2.50. The summed E-state index contributed by atoms with van der Waals surface area (Å²) in [7, 11) is 0. The van der Waals surface area contributed by atoms with E-state index in [0.29, 0.717) is 26.1 Å². The Morgan fingerprint density at radius 3 is 2.33 bits per heavy atom. The van der Waals surface area contributed by atoms with Crippen molar-refractivity contribution in [2.45, 2.75) is 46.1 Å². The third-order valence-electron chi connectivity index (χ3n) is 4.16. The monoisotopic (exact) mass is 331 g/mol. The first-order valence-electron chi connectivity index (χ1n) is 8.69. The zero-order valence-electron chi connectivity index (χ0n) is 15.0. The molecule has 0 spiro atoms. The SMILES string of the molecule is CC(C)(C)CNC(=O)NC1CCN(C(=O)Cc2ccccc2)CC1. The Morgan fingerprint density at radius 1 is 1.12 bits per heavy atom. The maximum Gasteiger partial charge on any atom is 0.315 e. The van der Waals surface area contributed by atoms with Gasteiger partial charge < -0.3 is 15.5 Å². The fraction of sp³-hybridized carbons (Fsp3) is 0.579. The second-order valence-corrected chi connectivity index (χ2v) is 7.71. The molecule has 2 rings (SSSR count). The smallest absolute Gasteiger partial charge is 0.315 e. The van der Waals surface area contributed by atoms with Crippen molar-refractivity contribution in [1.29, 1.82) is 0 Å². The van der Waals surface area contributed by atoms with E-state index < -0.39 is 0 Å². The number of likely N-dealkylation sites (tertiary alicyclic amines) is 1. The normalized spacial score (nSPS) is 15.9. The van der Waals surface area contributed by atoms with E-state index in [0.717, 1.165) is 18.4 Å². The van der Waals surface area contributed by atoms with Crippen LogP contribution in [-0.2, 0) is 11.2 Å². The van der Waals surface area contributed by atoms with Gasteiger partial charge in [0.05, 0.1) is 6.42 Å². The highest BCUT2D eigenvalue weighted by atomic mass is 16.2. The number of benzene rings is 1. The summed E-state index contributed by atoms with van der Waals surface area (Å²) in [5.74, 6) is 0.164. The molecule has 0 unspecified atom stereocenters. The predicted octanol–water partition coefficient (Wildman–Crippen LogP) is 2.57. The summed E-state index contributed by atoms with van der Waals surface area (Å²) in [6.45, 7) is 8.32. The van der Waals surface area contributed by atoms with E-state index in [-0.39, 0.29) is 23.4 Å². The van der Waals surface area contributed by atoms with Crippen LogP contribution in [0.4, 0.5) is 4.79 Å². The van der Waals surface area contributed by atoms with E-state index in [1.807, 2.05) is 35.2 Å². The van der Waals surface area contributed by atoms with Gasteiger partial charge in [-0.1, -0.05) is 51.1 Å². The van der Waals surface area contributed by atoms with Crippen LogP contribution in [0.5, 0.6) is 0 Å². The Kier molecular flexibility index (Phi) is 6.23. The number of rotatable bonds is 4. The molecule has 0 aromatic heterocycles. The van der Waals surface area contributed by atoms with Gasteiger partial charge >= 0.3 is 6.03 Å². The molecular formula is C19H29N3O2. The van der Waals surface area contributed by atoms with Gasteiger partial charge in [-0.15, -0.1) is 0 Å². The lowest BCUT2D eigenvalue weighted by molar-refractivity contribution is -0.131. The molecule has 1 fully saturated rings. The molecule has 2 N–H and O–H groups in total. The van der Waals surface area contributed by atoms with Crippen LogP contribution in [0.3, 0.4) is 0 Å². The van der Waals surface area contributed by atoms with Crippen LogP contribution < -0.4 is 10.6 Å². The van der Waals surface area contributed by atoms with Gasteiger partial charge in [0.2, 0.25) is 5.91 Å². The molecule has 1 heterocycles. The maximum absolute atomic E-state index is 12.3. The van der Waals surface area contributed by atoms with E-state index in [4.69, 9.17) is 0 Å². The molecule has 5 nitrogen and oxygen atoms in total. The van der Waals surface area contributed by atoms with Crippen molar-refractivity contribution in [3.63, 3.8) is 0 Å². The average molecular weight is 331 g/mol. The molecule has 5 heteroatoms. The molecule has 0 radical (unpaired) electrons. The average Bonchev–Trinajstić information content (AvgIpc) is 2.54. The third-order valence-corrected chi connectivity index (χ3v) is 4.16. The Morgan fingerprint density at radius 2 is 1.75 bits per heavy atom. The quantitative estimate of drug-likeness (QED) is 0.891. The van der Waals surface area contributed by atoms with Crippen LogP contribution in [0.25, 0.3) is 0 Å². The molecule has 132 valence electrons. The van der Waals surface area contributed by atoms with E-state index in [2.05, 4.69) is 31.4 Å². The molecule has 1 aliphatic rings. The van der Waals surface area contributed by atoms with E-state index in [9.17, 15) is 9.59 Å². The maximum atomic E-state index is 12.3. The van der Waals surface area contributed by atoms with Crippen molar-refractivity contribution < 1.29 is 9.59 Å². The minimum absolute atomic E-state index is 0.0740. The molecule has 0 bridgehead atoms. The summed E-state index contributed by atoms with van der Waals surface area (Å²) in [4.78, 5) is 26.1. The predicted molar refractivity (Wildman–Crippen MR) is 95.7 cm³/mol. The van der Waals surface area contributed by atoms with E-state index in [1.165, 1.54) is 0 Å². The highest BCUT2D eigenvalue weighted by molar-refractivity contribution is 5.79. The Balaban J connectivity index is 1.71. The Hall–Kier alpha value is -2.04. The number of piperidine rings is 1. The number of urea groups is 1. The van der Waals surface area contributed by atoms with Crippen molar-refractivity contribution in [2.24, 2.45) is 5.41 Å². The highest BCUT2D eigenvalue weighted by Crippen LogP contribution is 2.13. The van der Waals surface area contributed by atoms with Gasteiger partial charge in [-0.3, -0.25) is 4.79 Å². The summed E-state index contributed by atoms with van der Waals surface area (Å²) in [5, 5.41) is 5.92. The van der Waals surface area contributed by atoms with Crippen LogP contribution in [0.1, 0.15) is 39.2 Å². The number of hydrogen-bond acceptors (Lipinski definition) is 2. The van der Waals surface area contributed by atoms with Crippen molar-refractivity contribution in [3.8, 4) is 0 Å². The van der Waals surface area contributed by atoms with Crippen LogP contribution in [0, 0.1) is 5.41 Å². The standard InChI is InChI=1S/C19H29N3O2/c1-19(2,3)14-20-18(24)21-16-9-11-22(12-10-16)17(23)13-15-7-5-4-6-8-15/h4-8,16H,9-14H2,1-3H3,(H2,20,21,24). The zero-order valence-corrected chi connectivity index (χ0v) is 15.0. The summed E-state index contributed by atoms with van der Waals surface area (Å²) >= 11 is 0. The van der Waals surface area contributed by atoms with Crippen LogP contribution >= 0.6 is 0 Å². The van der Waals surface area contributed by atoms with Crippen molar-refractivity contribution >= 4 is 11.9 Å². The third kappa shape index (κ3) is 6.22. The molecule has 0 atom stereocenters. The molecule has 1 aromatic rings. The number of hydrogen-bond donors (Lipinski definition) is 2. The molecule has 0 aliphatic carbocycles. The summed E-state index contributed by atoms with van der Waals surface area (Å²) < 4.78 is 0. The molecule has 0 saturated carbocycles. The minimum Gasteiger partial charge on any atom is -0.342 e. The van der Waals surface area contributed by atoms with E-state index >= 15 is 0 Å². The summed E-state index contributed by atoms with van der Waals surface area (Å²) in [5.41, 5.74) is 1.12. The van der Waals surface area contributed by atoms with Gasteiger partial charge in [0.15, 0.2) is 0 Å². The number of nitrogens with one attached hydrogen (secondary N) is 2. The first-order chi connectivity index (χ1) is 11.3.